The van der Waals surface area contributed by atoms with E-state index in [0.29, 0.717) is 17.9 Å². The summed E-state index contributed by atoms with van der Waals surface area (Å²) in [5.74, 6) is 0.407. The van der Waals surface area contributed by atoms with E-state index >= 15 is 0 Å². The Balaban J connectivity index is 1.57. The Bertz CT molecular complexity index is 998. The van der Waals surface area contributed by atoms with Gasteiger partial charge in [0.25, 0.3) is 0 Å². The van der Waals surface area contributed by atoms with Crippen LogP contribution in [0.25, 0.3) is 11.0 Å². The molecule has 0 spiro atoms. The summed E-state index contributed by atoms with van der Waals surface area (Å²) >= 11 is 1.43. The molecule has 0 aliphatic rings. The molecule has 0 atom stereocenters. The van der Waals surface area contributed by atoms with Crippen LogP contribution in [0.2, 0.25) is 0 Å². The summed E-state index contributed by atoms with van der Waals surface area (Å²) in [4.78, 5) is 23.8. The summed E-state index contributed by atoms with van der Waals surface area (Å²) in [6.45, 7) is 2.40. The Morgan fingerprint density at radius 2 is 1.85 bits per heavy atom. The third-order valence-electron chi connectivity index (χ3n) is 4.20. The minimum Gasteiger partial charge on any atom is -0.423 e. The number of carbonyl (C=O) groups excluding carboxylic acids is 1. The van der Waals surface area contributed by atoms with Crippen LogP contribution in [-0.2, 0) is 23.5 Å². The average molecular weight is 385 g/mol. The predicted octanol–water partition coefficient (Wildman–Crippen LogP) is 4.04. The maximum atomic E-state index is 12.9. The standard InChI is InChI=1S/C21H20FNO3S/c1-2-14-5-8-18-16(10-21(25)26-19(18)9-14)12-27-13-20(24)23-11-15-3-6-17(22)7-4-15/h3-10H,2,11-13H2,1H3,(H,23,24). The molecule has 0 aliphatic heterocycles. The fourth-order valence-corrected chi connectivity index (χ4v) is 3.57. The molecule has 0 radical (unpaired) electrons. The van der Waals surface area contributed by atoms with Gasteiger partial charge in [0.05, 0.1) is 5.75 Å². The Kier molecular flexibility index (Phi) is 6.29. The molecule has 0 aliphatic carbocycles. The van der Waals surface area contributed by atoms with E-state index in [4.69, 9.17) is 4.42 Å². The van der Waals surface area contributed by atoms with Crippen LogP contribution in [0.5, 0.6) is 0 Å². The van der Waals surface area contributed by atoms with Gasteiger partial charge in [0.15, 0.2) is 0 Å². The normalized spacial score (nSPS) is 10.9. The fraction of sp³-hybridized carbons (Fsp3) is 0.238. The summed E-state index contributed by atoms with van der Waals surface area (Å²) in [5, 5.41) is 3.70. The van der Waals surface area contributed by atoms with E-state index in [0.717, 1.165) is 28.5 Å². The van der Waals surface area contributed by atoms with Gasteiger partial charge in [0.1, 0.15) is 11.4 Å². The van der Waals surface area contributed by atoms with Gasteiger partial charge in [0.2, 0.25) is 5.91 Å². The van der Waals surface area contributed by atoms with Crippen LogP contribution in [0.1, 0.15) is 23.6 Å². The minimum atomic E-state index is -0.382. The lowest BCUT2D eigenvalue weighted by molar-refractivity contribution is -0.118. The summed E-state index contributed by atoms with van der Waals surface area (Å²) in [5.41, 5.74) is 3.01. The lowest BCUT2D eigenvalue weighted by Crippen LogP contribution is -2.24. The van der Waals surface area contributed by atoms with Gasteiger partial charge in [-0.1, -0.05) is 31.2 Å². The molecule has 0 unspecified atom stereocenters. The molecule has 0 saturated heterocycles. The number of fused-ring (bicyclic) bond motifs is 1. The zero-order chi connectivity index (χ0) is 19.2. The largest absolute Gasteiger partial charge is 0.423 e. The van der Waals surface area contributed by atoms with Crippen LogP contribution in [0.15, 0.2) is 57.7 Å². The van der Waals surface area contributed by atoms with E-state index < -0.39 is 0 Å². The molecule has 140 valence electrons. The zero-order valence-electron chi connectivity index (χ0n) is 15.0. The summed E-state index contributed by atoms with van der Waals surface area (Å²) in [7, 11) is 0. The van der Waals surface area contributed by atoms with E-state index in [9.17, 15) is 14.0 Å². The average Bonchev–Trinajstić information content (AvgIpc) is 2.66. The van der Waals surface area contributed by atoms with Crippen molar-refractivity contribution in [3.63, 3.8) is 0 Å². The van der Waals surface area contributed by atoms with Gasteiger partial charge >= 0.3 is 5.63 Å². The van der Waals surface area contributed by atoms with Gasteiger partial charge in [-0.3, -0.25) is 4.79 Å². The monoisotopic (exact) mass is 385 g/mol. The van der Waals surface area contributed by atoms with Crippen LogP contribution in [0.3, 0.4) is 0 Å². The molecule has 4 nitrogen and oxygen atoms in total. The molecule has 3 rings (SSSR count). The second-order valence-corrected chi connectivity index (χ2v) is 7.16. The van der Waals surface area contributed by atoms with Crippen molar-refractivity contribution >= 4 is 28.6 Å². The summed E-state index contributed by atoms with van der Waals surface area (Å²) < 4.78 is 18.2. The molecule has 0 fully saturated rings. The second-order valence-electron chi connectivity index (χ2n) is 6.17. The highest BCUT2D eigenvalue weighted by Gasteiger charge is 2.08. The van der Waals surface area contributed by atoms with Crippen LogP contribution in [0, 0.1) is 5.82 Å². The first-order valence-corrected chi connectivity index (χ1v) is 9.85. The van der Waals surface area contributed by atoms with E-state index in [2.05, 4.69) is 5.32 Å². The van der Waals surface area contributed by atoms with Crippen molar-refractivity contribution in [2.75, 3.05) is 5.75 Å². The molecule has 1 aromatic heterocycles. The van der Waals surface area contributed by atoms with Gasteiger partial charge < -0.3 is 9.73 Å². The van der Waals surface area contributed by atoms with E-state index in [1.165, 1.54) is 30.0 Å². The highest BCUT2D eigenvalue weighted by Crippen LogP contribution is 2.22. The van der Waals surface area contributed by atoms with Crippen molar-refractivity contribution in [1.29, 1.82) is 0 Å². The van der Waals surface area contributed by atoms with Crippen molar-refractivity contribution in [2.45, 2.75) is 25.6 Å². The minimum absolute atomic E-state index is 0.107. The van der Waals surface area contributed by atoms with Gasteiger partial charge in [-0.2, -0.15) is 0 Å². The molecule has 0 bridgehead atoms. The highest BCUT2D eigenvalue weighted by atomic mass is 32.2. The van der Waals surface area contributed by atoms with E-state index in [-0.39, 0.29) is 23.1 Å². The lowest BCUT2D eigenvalue weighted by Gasteiger charge is -2.08. The van der Waals surface area contributed by atoms with Gasteiger partial charge in [-0.25, -0.2) is 9.18 Å². The Hall–Kier alpha value is -2.60. The predicted molar refractivity (Wildman–Crippen MR) is 106 cm³/mol. The molecule has 2 aromatic carbocycles. The number of benzene rings is 2. The third-order valence-corrected chi connectivity index (χ3v) is 5.18. The fourth-order valence-electron chi connectivity index (χ4n) is 2.72. The van der Waals surface area contributed by atoms with Gasteiger partial charge in [-0.05, 0) is 41.3 Å². The Morgan fingerprint density at radius 1 is 1.11 bits per heavy atom. The molecule has 3 aromatic rings. The number of hydrogen-bond acceptors (Lipinski definition) is 4. The van der Waals surface area contributed by atoms with Gasteiger partial charge in [-0.15, -0.1) is 11.8 Å². The summed E-state index contributed by atoms with van der Waals surface area (Å²) in [6.07, 6.45) is 0.868. The molecular weight excluding hydrogens is 365 g/mol. The molecule has 27 heavy (non-hydrogen) atoms. The van der Waals surface area contributed by atoms with E-state index in [1.807, 2.05) is 25.1 Å². The van der Waals surface area contributed by atoms with Crippen molar-refractivity contribution in [3.8, 4) is 0 Å². The van der Waals surface area contributed by atoms with Crippen LogP contribution in [0.4, 0.5) is 4.39 Å². The topological polar surface area (TPSA) is 59.3 Å². The number of hydrogen-bond donors (Lipinski definition) is 1. The van der Waals surface area contributed by atoms with E-state index in [1.54, 1.807) is 12.1 Å². The van der Waals surface area contributed by atoms with Crippen molar-refractivity contribution in [1.82, 2.24) is 5.32 Å². The highest BCUT2D eigenvalue weighted by molar-refractivity contribution is 7.99. The SMILES string of the molecule is CCc1ccc2c(CSCC(=O)NCc3ccc(F)cc3)cc(=O)oc2c1. The quantitative estimate of drug-likeness (QED) is 0.624. The smallest absolute Gasteiger partial charge is 0.336 e. The number of amides is 1. The number of carbonyl (C=O) groups is 1. The van der Waals surface area contributed by atoms with Crippen molar-refractivity contribution in [3.05, 3.63) is 81.5 Å². The number of rotatable bonds is 7. The van der Waals surface area contributed by atoms with Crippen LogP contribution in [-0.4, -0.2) is 11.7 Å². The lowest BCUT2D eigenvalue weighted by atomic mass is 10.1. The second kappa shape index (κ2) is 8.86. The first-order valence-electron chi connectivity index (χ1n) is 8.69. The van der Waals surface area contributed by atoms with Crippen molar-refractivity contribution in [2.24, 2.45) is 0 Å². The molecule has 1 heterocycles. The van der Waals surface area contributed by atoms with Gasteiger partial charge in [0, 0.05) is 23.8 Å². The van der Waals surface area contributed by atoms with Crippen LogP contribution >= 0.6 is 11.8 Å². The maximum Gasteiger partial charge on any atom is 0.336 e. The molecule has 0 saturated carbocycles. The first kappa shape index (κ1) is 19.2. The molecular formula is C21H20FNO3S. The Labute approximate surface area is 160 Å². The summed E-state index contributed by atoms with van der Waals surface area (Å²) in [6, 6.07) is 13.4. The Morgan fingerprint density at radius 3 is 2.59 bits per heavy atom. The first-order chi connectivity index (χ1) is 13.0. The van der Waals surface area contributed by atoms with Crippen LogP contribution < -0.4 is 10.9 Å². The number of thioether (sulfide) groups is 1. The molecule has 6 heteroatoms. The zero-order valence-corrected chi connectivity index (χ0v) is 15.8. The third kappa shape index (κ3) is 5.20. The van der Waals surface area contributed by atoms with Crippen molar-refractivity contribution < 1.29 is 13.6 Å². The maximum absolute atomic E-state index is 12.9. The molecule has 1 amide bonds. The number of halogens is 1. The number of nitrogens with one attached hydrogen (secondary N) is 1. The molecule has 1 N–H and O–H groups in total. The number of aryl methyl sites for hydroxylation is 1.